The molecule has 0 unspecified atom stereocenters. The minimum Gasteiger partial charge on any atom is -0.497 e. The van der Waals surface area contributed by atoms with Crippen molar-refractivity contribution in [1.29, 1.82) is 0 Å². The Balaban J connectivity index is 2.24. The molecule has 0 aliphatic heterocycles. The number of carbonyl (C=O) groups is 1. The van der Waals surface area contributed by atoms with Gasteiger partial charge in [0.05, 0.1) is 22.3 Å². The van der Waals surface area contributed by atoms with Crippen LogP contribution in [0.4, 0.5) is 0 Å². The van der Waals surface area contributed by atoms with Gasteiger partial charge in [0.2, 0.25) is 0 Å². The molecule has 4 heteroatoms. The van der Waals surface area contributed by atoms with Crippen LogP contribution in [0.5, 0.6) is 11.5 Å². The molecule has 0 aromatic heterocycles. The normalized spacial score (nSPS) is 12.9. The Labute approximate surface area is 154 Å². The monoisotopic (exact) mass is 362 g/mol. The van der Waals surface area contributed by atoms with Gasteiger partial charge < -0.3 is 9.47 Å². The van der Waals surface area contributed by atoms with Crippen LogP contribution in [-0.2, 0) is 0 Å². The standard InChI is InChI=1S/C22H22O3Si/c1-24-13-10-17-16(18(11-13)25-2)12-19(26(3,4)5)21-20(17)14-8-6-7-9-15(14)22(21)23/h6-12H,1-5H3. The van der Waals surface area contributed by atoms with Gasteiger partial charge in [-0.1, -0.05) is 50.0 Å². The first-order valence-electron chi connectivity index (χ1n) is 8.74. The fourth-order valence-corrected chi connectivity index (χ4v) is 5.44. The van der Waals surface area contributed by atoms with Crippen LogP contribution < -0.4 is 14.7 Å². The van der Waals surface area contributed by atoms with Gasteiger partial charge in [0, 0.05) is 28.1 Å². The highest BCUT2D eigenvalue weighted by Crippen LogP contribution is 2.44. The van der Waals surface area contributed by atoms with Crippen LogP contribution in [0, 0.1) is 0 Å². The minimum absolute atomic E-state index is 0.136. The molecule has 1 aliphatic rings. The summed E-state index contributed by atoms with van der Waals surface area (Å²) in [5.41, 5.74) is 3.69. The summed E-state index contributed by atoms with van der Waals surface area (Å²) in [5, 5.41) is 3.23. The van der Waals surface area contributed by atoms with Gasteiger partial charge in [0.15, 0.2) is 5.78 Å². The largest absolute Gasteiger partial charge is 0.497 e. The Morgan fingerprint density at radius 3 is 2.12 bits per heavy atom. The SMILES string of the molecule is COc1cc(OC)c2cc([Si](C)(C)C)c3c(c2c1)-c1ccccc1C3=O. The lowest BCUT2D eigenvalue weighted by atomic mass is 9.97. The lowest BCUT2D eigenvalue weighted by molar-refractivity contribution is 0.104. The molecular weight excluding hydrogens is 340 g/mol. The summed E-state index contributed by atoms with van der Waals surface area (Å²) in [6.07, 6.45) is 0. The van der Waals surface area contributed by atoms with Crippen molar-refractivity contribution in [2.75, 3.05) is 14.2 Å². The average Bonchev–Trinajstić information content (AvgIpc) is 2.93. The molecule has 1 aliphatic carbocycles. The van der Waals surface area contributed by atoms with E-state index in [1.54, 1.807) is 14.2 Å². The summed E-state index contributed by atoms with van der Waals surface area (Å²) >= 11 is 0. The minimum atomic E-state index is -1.75. The molecule has 0 radical (unpaired) electrons. The van der Waals surface area contributed by atoms with Gasteiger partial charge in [-0.3, -0.25) is 4.79 Å². The van der Waals surface area contributed by atoms with Crippen LogP contribution in [0.2, 0.25) is 19.6 Å². The van der Waals surface area contributed by atoms with E-state index in [1.807, 2.05) is 36.4 Å². The number of fused-ring (bicyclic) bond motifs is 5. The topological polar surface area (TPSA) is 35.5 Å². The lowest BCUT2D eigenvalue weighted by Gasteiger charge is -2.23. The van der Waals surface area contributed by atoms with E-state index < -0.39 is 8.07 Å². The summed E-state index contributed by atoms with van der Waals surface area (Å²) < 4.78 is 11.1. The number of rotatable bonds is 3. The summed E-state index contributed by atoms with van der Waals surface area (Å²) in [4.78, 5) is 13.3. The van der Waals surface area contributed by atoms with E-state index in [2.05, 4.69) is 25.7 Å². The third kappa shape index (κ3) is 2.29. The van der Waals surface area contributed by atoms with Crippen molar-refractivity contribution in [1.82, 2.24) is 0 Å². The van der Waals surface area contributed by atoms with Crippen molar-refractivity contribution in [3.8, 4) is 22.6 Å². The Morgan fingerprint density at radius 1 is 0.808 bits per heavy atom. The second-order valence-electron chi connectivity index (χ2n) is 7.72. The van der Waals surface area contributed by atoms with E-state index in [9.17, 15) is 4.79 Å². The molecule has 0 bridgehead atoms. The molecule has 0 saturated heterocycles. The second kappa shape index (κ2) is 5.71. The molecule has 0 spiro atoms. The highest BCUT2D eigenvalue weighted by Gasteiger charge is 2.35. The molecule has 26 heavy (non-hydrogen) atoms. The summed E-state index contributed by atoms with van der Waals surface area (Å²) in [6, 6.07) is 14.0. The molecule has 0 heterocycles. The van der Waals surface area contributed by atoms with E-state index >= 15 is 0 Å². The van der Waals surface area contributed by atoms with Gasteiger partial charge in [-0.2, -0.15) is 0 Å². The molecule has 3 nitrogen and oxygen atoms in total. The maximum Gasteiger partial charge on any atom is 0.194 e. The van der Waals surface area contributed by atoms with Crippen LogP contribution >= 0.6 is 0 Å². The number of ether oxygens (including phenoxy) is 2. The number of ketones is 1. The summed E-state index contributed by atoms with van der Waals surface area (Å²) in [6.45, 7) is 6.84. The van der Waals surface area contributed by atoms with Gasteiger partial charge in [-0.05, 0) is 22.2 Å². The fourth-order valence-electron chi connectivity index (χ4n) is 3.87. The number of carbonyl (C=O) groups excluding carboxylic acids is 1. The zero-order valence-electron chi connectivity index (χ0n) is 15.8. The van der Waals surface area contributed by atoms with Gasteiger partial charge in [-0.15, -0.1) is 0 Å². The van der Waals surface area contributed by atoms with Crippen LogP contribution in [0.1, 0.15) is 15.9 Å². The second-order valence-corrected chi connectivity index (χ2v) is 12.8. The van der Waals surface area contributed by atoms with Crippen molar-refractivity contribution < 1.29 is 14.3 Å². The number of hydrogen-bond acceptors (Lipinski definition) is 3. The third-order valence-electron chi connectivity index (χ3n) is 5.12. The van der Waals surface area contributed by atoms with Crippen molar-refractivity contribution in [2.24, 2.45) is 0 Å². The zero-order chi connectivity index (χ0) is 18.6. The van der Waals surface area contributed by atoms with Gasteiger partial charge in [-0.25, -0.2) is 0 Å². The van der Waals surface area contributed by atoms with Crippen LogP contribution in [0.3, 0.4) is 0 Å². The quantitative estimate of drug-likeness (QED) is 0.499. The number of methoxy groups -OCH3 is 2. The van der Waals surface area contributed by atoms with E-state index in [4.69, 9.17) is 9.47 Å². The van der Waals surface area contributed by atoms with Crippen LogP contribution in [0.15, 0.2) is 42.5 Å². The average molecular weight is 363 g/mol. The molecule has 0 saturated carbocycles. The Morgan fingerprint density at radius 2 is 1.50 bits per heavy atom. The maximum absolute atomic E-state index is 13.3. The predicted octanol–water partition coefficient (Wildman–Crippen LogP) is 4.61. The molecule has 4 rings (SSSR count). The first-order chi connectivity index (χ1) is 12.4. The molecule has 0 atom stereocenters. The van der Waals surface area contributed by atoms with Gasteiger partial charge in [0.25, 0.3) is 0 Å². The number of hydrogen-bond donors (Lipinski definition) is 0. The molecule has 3 aromatic carbocycles. The van der Waals surface area contributed by atoms with Crippen molar-refractivity contribution >= 4 is 29.8 Å². The van der Waals surface area contributed by atoms with Crippen molar-refractivity contribution in [2.45, 2.75) is 19.6 Å². The zero-order valence-corrected chi connectivity index (χ0v) is 16.8. The van der Waals surface area contributed by atoms with Crippen molar-refractivity contribution in [3.05, 3.63) is 53.6 Å². The summed E-state index contributed by atoms with van der Waals surface area (Å²) in [5.74, 6) is 1.64. The van der Waals surface area contributed by atoms with E-state index in [-0.39, 0.29) is 5.78 Å². The molecule has 3 aromatic rings. The smallest absolute Gasteiger partial charge is 0.194 e. The lowest BCUT2D eigenvalue weighted by Crippen LogP contribution is -2.41. The highest BCUT2D eigenvalue weighted by molar-refractivity contribution is 6.90. The van der Waals surface area contributed by atoms with E-state index in [0.29, 0.717) is 0 Å². The maximum atomic E-state index is 13.3. The predicted molar refractivity (Wildman–Crippen MR) is 109 cm³/mol. The third-order valence-corrected chi connectivity index (χ3v) is 7.14. The molecular formula is C22H22O3Si. The molecule has 0 amide bonds. The summed E-state index contributed by atoms with van der Waals surface area (Å²) in [7, 11) is 1.57. The van der Waals surface area contributed by atoms with Crippen LogP contribution in [0.25, 0.3) is 21.9 Å². The molecule has 132 valence electrons. The van der Waals surface area contributed by atoms with Gasteiger partial charge in [0.1, 0.15) is 11.5 Å². The van der Waals surface area contributed by atoms with E-state index in [1.165, 1.54) is 5.19 Å². The first-order valence-corrected chi connectivity index (χ1v) is 12.2. The van der Waals surface area contributed by atoms with Crippen LogP contribution in [-0.4, -0.2) is 28.1 Å². The highest BCUT2D eigenvalue weighted by atomic mass is 28.3. The molecule has 0 N–H and O–H groups in total. The Bertz CT molecular complexity index is 1060. The first kappa shape index (κ1) is 16.9. The Hall–Kier alpha value is -2.59. The van der Waals surface area contributed by atoms with Crippen molar-refractivity contribution in [3.63, 3.8) is 0 Å². The van der Waals surface area contributed by atoms with Gasteiger partial charge >= 0.3 is 0 Å². The fraction of sp³-hybridized carbons (Fsp3) is 0.227. The molecule has 0 fully saturated rings. The number of benzene rings is 3. The Kier molecular flexibility index (Phi) is 3.70. The van der Waals surface area contributed by atoms with E-state index in [0.717, 1.165) is 44.5 Å².